The van der Waals surface area contributed by atoms with Gasteiger partial charge in [-0.1, -0.05) is 13.0 Å². The maximum absolute atomic E-state index is 6.30. The molecule has 1 aliphatic rings. The number of nitrogens with two attached hydrogens (primary N) is 1. The molecule has 0 aliphatic carbocycles. The van der Waals surface area contributed by atoms with E-state index in [0.717, 1.165) is 18.7 Å². The van der Waals surface area contributed by atoms with E-state index in [0.29, 0.717) is 17.9 Å². The average molecular weight is 220 g/mol. The van der Waals surface area contributed by atoms with Crippen molar-refractivity contribution in [1.82, 2.24) is 4.98 Å². The molecule has 0 bridgehead atoms. The van der Waals surface area contributed by atoms with E-state index in [1.165, 1.54) is 0 Å². The summed E-state index contributed by atoms with van der Waals surface area (Å²) in [6.07, 6.45) is 3.25. The van der Waals surface area contributed by atoms with Crippen LogP contribution >= 0.6 is 0 Å². The standard InChI is InChI=1S/C13H20N2O/c1-9-7-11(8-16-9)13(14)10(2)12-5-3-4-6-15-12/h3-6,9-11,13H,7-8,14H2,1-2H3. The third kappa shape index (κ3) is 2.42. The van der Waals surface area contributed by atoms with Gasteiger partial charge in [0, 0.05) is 29.8 Å². The molecule has 0 spiro atoms. The van der Waals surface area contributed by atoms with Gasteiger partial charge in [-0.15, -0.1) is 0 Å². The SMILES string of the molecule is CC1CC(C(N)C(C)c2ccccn2)CO1. The molecule has 0 saturated carbocycles. The topological polar surface area (TPSA) is 48.1 Å². The Bertz CT molecular complexity index is 328. The van der Waals surface area contributed by atoms with Crippen molar-refractivity contribution in [2.75, 3.05) is 6.61 Å². The van der Waals surface area contributed by atoms with Gasteiger partial charge in [-0.05, 0) is 25.5 Å². The second-order valence-corrected chi connectivity index (χ2v) is 4.76. The third-order valence-corrected chi connectivity index (χ3v) is 3.51. The Morgan fingerprint density at radius 2 is 2.31 bits per heavy atom. The van der Waals surface area contributed by atoms with Crippen LogP contribution in [0.4, 0.5) is 0 Å². The van der Waals surface area contributed by atoms with Crippen molar-refractivity contribution >= 4 is 0 Å². The molecular weight excluding hydrogens is 200 g/mol. The number of ether oxygens (including phenoxy) is 1. The number of hydrogen-bond acceptors (Lipinski definition) is 3. The summed E-state index contributed by atoms with van der Waals surface area (Å²) >= 11 is 0. The lowest BCUT2D eigenvalue weighted by Gasteiger charge is -2.24. The van der Waals surface area contributed by atoms with Gasteiger partial charge in [0.05, 0.1) is 12.7 Å². The predicted molar refractivity (Wildman–Crippen MR) is 64.1 cm³/mol. The molecule has 1 saturated heterocycles. The van der Waals surface area contributed by atoms with Crippen LogP contribution in [0.3, 0.4) is 0 Å². The van der Waals surface area contributed by atoms with E-state index in [-0.39, 0.29) is 6.04 Å². The second-order valence-electron chi connectivity index (χ2n) is 4.76. The number of nitrogens with zero attached hydrogens (tertiary/aromatic N) is 1. The van der Waals surface area contributed by atoms with E-state index < -0.39 is 0 Å². The van der Waals surface area contributed by atoms with Crippen LogP contribution < -0.4 is 5.73 Å². The normalized spacial score (nSPS) is 28.9. The molecular formula is C13H20N2O. The van der Waals surface area contributed by atoms with Gasteiger partial charge in [0.1, 0.15) is 0 Å². The summed E-state index contributed by atoms with van der Waals surface area (Å²) in [7, 11) is 0. The molecule has 1 aliphatic heterocycles. The van der Waals surface area contributed by atoms with Crippen molar-refractivity contribution in [3.63, 3.8) is 0 Å². The van der Waals surface area contributed by atoms with Gasteiger partial charge in [-0.25, -0.2) is 0 Å². The van der Waals surface area contributed by atoms with Crippen LogP contribution in [-0.4, -0.2) is 23.7 Å². The summed E-state index contributed by atoms with van der Waals surface area (Å²) in [6, 6.07) is 6.13. The van der Waals surface area contributed by atoms with E-state index in [2.05, 4.69) is 18.8 Å². The first kappa shape index (κ1) is 11.6. The van der Waals surface area contributed by atoms with Crippen molar-refractivity contribution in [1.29, 1.82) is 0 Å². The zero-order chi connectivity index (χ0) is 11.5. The average Bonchev–Trinajstić information content (AvgIpc) is 2.75. The summed E-state index contributed by atoms with van der Waals surface area (Å²) in [5.74, 6) is 0.757. The zero-order valence-corrected chi connectivity index (χ0v) is 9.97. The molecule has 1 aromatic heterocycles. The fraction of sp³-hybridized carbons (Fsp3) is 0.615. The highest BCUT2D eigenvalue weighted by atomic mass is 16.5. The molecule has 0 aromatic carbocycles. The molecule has 2 rings (SSSR count). The van der Waals surface area contributed by atoms with Crippen LogP contribution in [0.5, 0.6) is 0 Å². The van der Waals surface area contributed by atoms with Gasteiger partial charge in [0.25, 0.3) is 0 Å². The first-order valence-corrected chi connectivity index (χ1v) is 5.96. The van der Waals surface area contributed by atoms with Crippen LogP contribution in [-0.2, 0) is 4.74 Å². The molecule has 3 heteroatoms. The lowest BCUT2D eigenvalue weighted by Crippen LogP contribution is -2.35. The van der Waals surface area contributed by atoms with Crippen molar-refractivity contribution < 1.29 is 4.74 Å². The van der Waals surface area contributed by atoms with Gasteiger partial charge < -0.3 is 10.5 Å². The van der Waals surface area contributed by atoms with E-state index in [9.17, 15) is 0 Å². The Morgan fingerprint density at radius 1 is 1.50 bits per heavy atom. The Hall–Kier alpha value is -0.930. The van der Waals surface area contributed by atoms with Crippen LogP contribution in [0, 0.1) is 5.92 Å². The van der Waals surface area contributed by atoms with E-state index in [1.807, 2.05) is 24.4 Å². The zero-order valence-electron chi connectivity index (χ0n) is 9.97. The fourth-order valence-corrected chi connectivity index (χ4v) is 2.37. The maximum atomic E-state index is 6.30. The molecule has 4 unspecified atom stereocenters. The summed E-state index contributed by atoms with van der Waals surface area (Å²) in [5.41, 5.74) is 7.38. The minimum atomic E-state index is 0.139. The molecule has 1 fully saturated rings. The molecule has 3 nitrogen and oxygen atoms in total. The van der Waals surface area contributed by atoms with E-state index in [4.69, 9.17) is 10.5 Å². The number of rotatable bonds is 3. The Balaban J connectivity index is 2.02. The Morgan fingerprint density at radius 3 is 2.88 bits per heavy atom. The van der Waals surface area contributed by atoms with Gasteiger partial charge >= 0.3 is 0 Å². The Kier molecular flexibility index (Phi) is 3.56. The van der Waals surface area contributed by atoms with Crippen LogP contribution in [0.2, 0.25) is 0 Å². The van der Waals surface area contributed by atoms with Crippen LogP contribution in [0.1, 0.15) is 31.9 Å². The van der Waals surface area contributed by atoms with E-state index >= 15 is 0 Å². The first-order chi connectivity index (χ1) is 7.68. The molecule has 16 heavy (non-hydrogen) atoms. The third-order valence-electron chi connectivity index (χ3n) is 3.51. The minimum Gasteiger partial charge on any atom is -0.378 e. The number of pyridine rings is 1. The van der Waals surface area contributed by atoms with Crippen molar-refractivity contribution in [2.45, 2.75) is 38.3 Å². The minimum absolute atomic E-state index is 0.139. The first-order valence-electron chi connectivity index (χ1n) is 5.96. The molecule has 0 radical (unpaired) electrons. The molecule has 2 heterocycles. The highest BCUT2D eigenvalue weighted by Gasteiger charge is 2.31. The number of hydrogen-bond donors (Lipinski definition) is 1. The summed E-state index contributed by atoms with van der Waals surface area (Å²) < 4.78 is 5.57. The quantitative estimate of drug-likeness (QED) is 0.846. The Labute approximate surface area is 97.0 Å². The predicted octanol–water partition coefficient (Wildman–Crippen LogP) is 1.94. The van der Waals surface area contributed by atoms with Gasteiger partial charge in [0.15, 0.2) is 0 Å². The van der Waals surface area contributed by atoms with Crippen molar-refractivity contribution in [3.05, 3.63) is 30.1 Å². The van der Waals surface area contributed by atoms with Gasteiger partial charge in [-0.3, -0.25) is 4.98 Å². The summed E-state index contributed by atoms with van der Waals surface area (Å²) in [5, 5.41) is 0. The maximum Gasteiger partial charge on any atom is 0.0551 e. The lowest BCUT2D eigenvalue weighted by molar-refractivity contribution is 0.117. The summed E-state index contributed by atoms with van der Waals surface area (Å²) in [6.45, 7) is 5.05. The van der Waals surface area contributed by atoms with Crippen LogP contribution in [0.25, 0.3) is 0 Å². The highest BCUT2D eigenvalue weighted by Crippen LogP contribution is 2.28. The number of aromatic nitrogens is 1. The summed E-state index contributed by atoms with van der Waals surface area (Å²) in [4.78, 5) is 4.37. The molecule has 0 amide bonds. The molecule has 2 N–H and O–H groups in total. The highest BCUT2D eigenvalue weighted by molar-refractivity contribution is 5.11. The molecule has 1 aromatic rings. The van der Waals surface area contributed by atoms with Crippen molar-refractivity contribution in [3.8, 4) is 0 Å². The van der Waals surface area contributed by atoms with Crippen LogP contribution in [0.15, 0.2) is 24.4 Å². The van der Waals surface area contributed by atoms with E-state index in [1.54, 1.807) is 0 Å². The second kappa shape index (κ2) is 4.93. The largest absolute Gasteiger partial charge is 0.378 e. The fourth-order valence-electron chi connectivity index (χ4n) is 2.37. The molecule has 88 valence electrons. The van der Waals surface area contributed by atoms with Crippen molar-refractivity contribution in [2.24, 2.45) is 11.7 Å². The van der Waals surface area contributed by atoms with Gasteiger partial charge in [-0.2, -0.15) is 0 Å². The lowest BCUT2D eigenvalue weighted by atomic mass is 9.86. The monoisotopic (exact) mass is 220 g/mol. The molecule has 4 atom stereocenters. The van der Waals surface area contributed by atoms with Gasteiger partial charge in [0.2, 0.25) is 0 Å². The smallest absolute Gasteiger partial charge is 0.0551 e.